The Bertz CT molecular complexity index is 1110. The highest BCUT2D eigenvalue weighted by atomic mass is 16.5. The topological polar surface area (TPSA) is 93.5 Å². The average Bonchev–Trinajstić information content (AvgIpc) is 3.35. The standard InChI is InChI=1S/C24H23N3O4/c28-23(29)21-10-5-11-22-26-15(13-27(21)22)12-25-24(30)31-14-20-18-8-3-1-6-16(18)17-7-2-4-9-19(17)20/h1-4,6-9,13,20-21H,5,10-12,14H2,(H,25,30)(H,28,29). The maximum atomic E-state index is 12.4. The maximum absolute atomic E-state index is 12.4. The summed E-state index contributed by atoms with van der Waals surface area (Å²) in [5, 5.41) is 12.1. The van der Waals surface area contributed by atoms with Crippen LogP contribution in [0.4, 0.5) is 4.79 Å². The number of aryl methyl sites for hydroxylation is 1. The first-order valence-corrected chi connectivity index (χ1v) is 10.5. The number of benzene rings is 2. The predicted octanol–water partition coefficient (Wildman–Crippen LogP) is 3.88. The van der Waals surface area contributed by atoms with Crippen molar-refractivity contribution in [3.63, 3.8) is 0 Å². The van der Waals surface area contributed by atoms with Gasteiger partial charge in [-0.15, -0.1) is 0 Å². The Kier molecular flexibility index (Phi) is 4.94. The summed E-state index contributed by atoms with van der Waals surface area (Å²) >= 11 is 0. The molecule has 1 unspecified atom stereocenters. The van der Waals surface area contributed by atoms with Crippen LogP contribution in [-0.4, -0.2) is 33.3 Å². The van der Waals surface area contributed by atoms with E-state index in [9.17, 15) is 14.7 Å². The molecule has 1 atom stereocenters. The van der Waals surface area contributed by atoms with Crippen molar-refractivity contribution in [1.29, 1.82) is 0 Å². The van der Waals surface area contributed by atoms with Crippen molar-refractivity contribution in [1.82, 2.24) is 14.9 Å². The highest BCUT2D eigenvalue weighted by molar-refractivity contribution is 5.79. The average molecular weight is 417 g/mol. The molecule has 1 aromatic heterocycles. The molecule has 3 aromatic rings. The number of hydrogen-bond acceptors (Lipinski definition) is 4. The number of hydrogen-bond donors (Lipinski definition) is 2. The molecule has 1 aliphatic carbocycles. The van der Waals surface area contributed by atoms with Gasteiger partial charge in [-0.3, -0.25) is 0 Å². The van der Waals surface area contributed by atoms with Crippen LogP contribution in [0, 0.1) is 0 Å². The van der Waals surface area contributed by atoms with Crippen molar-refractivity contribution in [2.45, 2.75) is 37.8 Å². The molecule has 7 nitrogen and oxygen atoms in total. The fraction of sp³-hybridized carbons (Fsp3) is 0.292. The number of carbonyl (C=O) groups is 2. The van der Waals surface area contributed by atoms with Gasteiger partial charge in [-0.2, -0.15) is 0 Å². The monoisotopic (exact) mass is 417 g/mol. The van der Waals surface area contributed by atoms with Crippen molar-refractivity contribution >= 4 is 12.1 Å². The first-order chi connectivity index (χ1) is 15.1. The van der Waals surface area contributed by atoms with Gasteiger partial charge >= 0.3 is 12.1 Å². The number of alkyl carbamates (subject to hydrolysis) is 1. The van der Waals surface area contributed by atoms with E-state index in [1.807, 2.05) is 24.3 Å². The van der Waals surface area contributed by atoms with Crippen molar-refractivity contribution in [3.8, 4) is 11.1 Å². The molecule has 0 saturated heterocycles. The molecule has 158 valence electrons. The number of fused-ring (bicyclic) bond motifs is 4. The number of amides is 1. The summed E-state index contributed by atoms with van der Waals surface area (Å²) in [5.41, 5.74) is 5.33. The number of rotatable bonds is 5. The number of aromatic nitrogens is 2. The zero-order valence-electron chi connectivity index (χ0n) is 17.0. The van der Waals surface area contributed by atoms with Crippen molar-refractivity contribution in [2.24, 2.45) is 0 Å². The van der Waals surface area contributed by atoms with Crippen LogP contribution < -0.4 is 5.32 Å². The highest BCUT2D eigenvalue weighted by Gasteiger charge is 2.29. The van der Waals surface area contributed by atoms with Gasteiger partial charge in [0.25, 0.3) is 0 Å². The summed E-state index contributed by atoms with van der Waals surface area (Å²) in [6.07, 6.45) is 3.35. The Morgan fingerprint density at radius 3 is 2.45 bits per heavy atom. The van der Waals surface area contributed by atoms with Crippen molar-refractivity contribution in [2.75, 3.05) is 6.61 Å². The number of ether oxygens (including phenoxy) is 1. The Balaban J connectivity index is 1.22. The third-order valence-electron chi connectivity index (χ3n) is 6.12. The fourth-order valence-corrected chi connectivity index (χ4v) is 4.67. The zero-order chi connectivity index (χ0) is 21.4. The van der Waals surface area contributed by atoms with E-state index >= 15 is 0 Å². The lowest BCUT2D eigenvalue weighted by Crippen LogP contribution is -2.26. The summed E-state index contributed by atoms with van der Waals surface area (Å²) in [5.74, 6) is -0.0909. The second-order valence-electron chi connectivity index (χ2n) is 7.98. The van der Waals surface area contributed by atoms with Crippen LogP contribution in [0.5, 0.6) is 0 Å². The molecule has 0 fully saturated rings. The van der Waals surface area contributed by atoms with Crippen LogP contribution in [0.2, 0.25) is 0 Å². The van der Waals surface area contributed by atoms with Gasteiger partial charge in [-0.05, 0) is 35.1 Å². The van der Waals surface area contributed by atoms with Gasteiger partial charge < -0.3 is 19.7 Å². The zero-order valence-corrected chi connectivity index (χ0v) is 17.0. The SMILES string of the molecule is O=C(NCc1cn2c(n1)CCCC2C(=O)O)OCC1c2ccccc2-c2ccccc21. The molecular weight excluding hydrogens is 394 g/mol. The van der Waals surface area contributed by atoms with E-state index in [4.69, 9.17) is 4.74 Å². The highest BCUT2D eigenvalue weighted by Crippen LogP contribution is 2.44. The minimum Gasteiger partial charge on any atom is -0.480 e. The van der Waals surface area contributed by atoms with E-state index in [0.717, 1.165) is 29.8 Å². The minimum atomic E-state index is -0.852. The molecule has 1 aliphatic heterocycles. The van der Waals surface area contributed by atoms with Crippen LogP contribution in [0.3, 0.4) is 0 Å². The molecule has 2 N–H and O–H groups in total. The van der Waals surface area contributed by atoms with E-state index in [1.165, 1.54) is 11.1 Å². The summed E-state index contributed by atoms with van der Waals surface area (Å²) < 4.78 is 7.25. The van der Waals surface area contributed by atoms with Gasteiger partial charge in [0.2, 0.25) is 0 Å². The summed E-state index contributed by atoms with van der Waals surface area (Å²) in [6.45, 7) is 0.448. The van der Waals surface area contributed by atoms with Crippen LogP contribution in [0.25, 0.3) is 11.1 Å². The van der Waals surface area contributed by atoms with Crippen LogP contribution in [-0.2, 0) is 22.5 Å². The van der Waals surface area contributed by atoms with Gasteiger partial charge in [-0.1, -0.05) is 48.5 Å². The van der Waals surface area contributed by atoms with E-state index in [2.05, 4.69) is 34.6 Å². The van der Waals surface area contributed by atoms with E-state index in [1.54, 1.807) is 10.8 Å². The number of nitrogens with zero attached hydrogens (tertiary/aromatic N) is 2. The minimum absolute atomic E-state index is 0.00870. The summed E-state index contributed by atoms with van der Waals surface area (Å²) in [4.78, 5) is 28.3. The molecule has 2 aromatic carbocycles. The van der Waals surface area contributed by atoms with Crippen LogP contribution >= 0.6 is 0 Å². The molecule has 1 amide bonds. The molecule has 0 saturated carbocycles. The molecule has 2 heterocycles. The lowest BCUT2D eigenvalue weighted by atomic mass is 9.98. The Morgan fingerprint density at radius 2 is 1.77 bits per heavy atom. The Morgan fingerprint density at radius 1 is 1.10 bits per heavy atom. The number of carbonyl (C=O) groups excluding carboxylic acids is 1. The van der Waals surface area contributed by atoms with Crippen molar-refractivity contribution < 1.29 is 19.4 Å². The number of imidazole rings is 1. The van der Waals surface area contributed by atoms with E-state index < -0.39 is 18.1 Å². The predicted molar refractivity (Wildman–Crippen MR) is 114 cm³/mol. The quantitative estimate of drug-likeness (QED) is 0.657. The summed E-state index contributed by atoms with van der Waals surface area (Å²) in [7, 11) is 0. The van der Waals surface area contributed by atoms with Crippen LogP contribution in [0.15, 0.2) is 54.7 Å². The second kappa shape index (κ2) is 7.91. The molecular formula is C24H23N3O4. The molecule has 7 heteroatoms. The maximum Gasteiger partial charge on any atom is 0.407 e. The molecule has 0 spiro atoms. The largest absolute Gasteiger partial charge is 0.480 e. The number of aliphatic carboxylic acids is 1. The lowest BCUT2D eigenvalue weighted by Gasteiger charge is -2.20. The lowest BCUT2D eigenvalue weighted by molar-refractivity contribution is -0.141. The molecule has 5 rings (SSSR count). The smallest absolute Gasteiger partial charge is 0.407 e. The molecule has 31 heavy (non-hydrogen) atoms. The van der Waals surface area contributed by atoms with Gasteiger partial charge in [0.1, 0.15) is 18.5 Å². The third-order valence-corrected chi connectivity index (χ3v) is 6.12. The first-order valence-electron chi connectivity index (χ1n) is 10.5. The van der Waals surface area contributed by atoms with Gasteiger partial charge in [-0.25, -0.2) is 14.6 Å². The number of nitrogens with one attached hydrogen (secondary N) is 1. The molecule has 0 bridgehead atoms. The Hall–Kier alpha value is -3.61. The van der Waals surface area contributed by atoms with E-state index in [0.29, 0.717) is 12.1 Å². The third kappa shape index (κ3) is 3.56. The fourth-order valence-electron chi connectivity index (χ4n) is 4.67. The normalized spacial score (nSPS) is 16.8. The summed E-state index contributed by atoms with van der Waals surface area (Å²) in [6, 6.07) is 15.8. The van der Waals surface area contributed by atoms with Gasteiger partial charge in [0.15, 0.2) is 0 Å². The number of carboxylic acid groups (broad SMARTS) is 1. The van der Waals surface area contributed by atoms with Crippen LogP contribution in [0.1, 0.15) is 47.4 Å². The van der Waals surface area contributed by atoms with Gasteiger partial charge in [0, 0.05) is 18.5 Å². The number of carboxylic acids is 1. The van der Waals surface area contributed by atoms with Crippen molar-refractivity contribution in [3.05, 3.63) is 77.4 Å². The van der Waals surface area contributed by atoms with E-state index in [-0.39, 0.29) is 19.1 Å². The molecule has 2 aliphatic rings. The molecule has 0 radical (unpaired) electrons. The second-order valence-corrected chi connectivity index (χ2v) is 7.98. The first kappa shape index (κ1) is 19.4. The van der Waals surface area contributed by atoms with Gasteiger partial charge in [0.05, 0.1) is 12.2 Å². The Labute approximate surface area is 179 Å².